The fourth-order valence-electron chi connectivity index (χ4n) is 3.84. The predicted octanol–water partition coefficient (Wildman–Crippen LogP) is 5.34. The van der Waals surface area contributed by atoms with Gasteiger partial charge in [-0.25, -0.2) is 0 Å². The van der Waals surface area contributed by atoms with Crippen LogP contribution in [0.4, 0.5) is 0 Å². The molecule has 0 saturated carbocycles. The second-order valence-corrected chi connectivity index (χ2v) is 8.25. The molecular formula is C23H18IN5O. The van der Waals surface area contributed by atoms with Gasteiger partial charge in [-0.1, -0.05) is 17.3 Å². The molecule has 30 heavy (non-hydrogen) atoms. The summed E-state index contributed by atoms with van der Waals surface area (Å²) in [5.41, 5.74) is 6.63. The van der Waals surface area contributed by atoms with E-state index in [4.69, 9.17) is 9.51 Å². The Labute approximate surface area is 187 Å². The molecule has 0 aliphatic heterocycles. The summed E-state index contributed by atoms with van der Waals surface area (Å²) in [6.07, 6.45) is 7.63. The molecule has 5 rings (SSSR count). The van der Waals surface area contributed by atoms with Gasteiger partial charge >= 0.3 is 0 Å². The maximum atomic E-state index is 5.38. The Morgan fingerprint density at radius 2 is 1.67 bits per heavy atom. The third kappa shape index (κ3) is 3.19. The van der Waals surface area contributed by atoms with Crippen molar-refractivity contribution in [3.05, 3.63) is 93.7 Å². The number of fused-ring (bicyclic) bond motifs is 1. The van der Waals surface area contributed by atoms with E-state index in [1.807, 2.05) is 68.8 Å². The summed E-state index contributed by atoms with van der Waals surface area (Å²) in [6, 6.07) is 13.9. The Bertz CT molecular complexity index is 1270. The van der Waals surface area contributed by atoms with Gasteiger partial charge in [0, 0.05) is 35.9 Å². The van der Waals surface area contributed by atoms with Gasteiger partial charge in [-0.15, -0.1) is 0 Å². The summed E-state index contributed by atoms with van der Waals surface area (Å²) < 4.78 is 8.66. The molecule has 0 aliphatic rings. The third-order valence-corrected chi connectivity index (χ3v) is 5.95. The van der Waals surface area contributed by atoms with Crippen molar-refractivity contribution in [3.8, 4) is 11.1 Å². The van der Waals surface area contributed by atoms with Crippen molar-refractivity contribution in [2.75, 3.05) is 0 Å². The molecule has 5 aromatic heterocycles. The number of nitrogens with zero attached hydrogens (tertiary/aromatic N) is 5. The molecule has 6 nitrogen and oxygen atoms in total. The van der Waals surface area contributed by atoms with Crippen molar-refractivity contribution in [2.24, 2.45) is 0 Å². The number of aryl methyl sites for hydroxylation is 2. The molecule has 0 fully saturated rings. The van der Waals surface area contributed by atoms with Gasteiger partial charge < -0.3 is 9.09 Å². The van der Waals surface area contributed by atoms with Crippen molar-refractivity contribution in [2.45, 2.75) is 19.9 Å². The first-order valence-electron chi connectivity index (χ1n) is 9.54. The second kappa shape index (κ2) is 7.64. The molecule has 0 spiro atoms. The van der Waals surface area contributed by atoms with Gasteiger partial charge in [0.1, 0.15) is 17.3 Å². The molecule has 5 aromatic rings. The molecule has 0 saturated heterocycles. The highest BCUT2D eigenvalue weighted by molar-refractivity contribution is 14.1. The summed E-state index contributed by atoms with van der Waals surface area (Å²) in [5.74, 6) is 0.785. The average Bonchev–Trinajstić information content (AvgIpc) is 3.28. The van der Waals surface area contributed by atoms with Crippen LogP contribution in [0.5, 0.6) is 0 Å². The van der Waals surface area contributed by atoms with Gasteiger partial charge in [0.25, 0.3) is 0 Å². The minimum absolute atomic E-state index is 0.167. The van der Waals surface area contributed by atoms with Gasteiger partial charge in [-0.3, -0.25) is 15.0 Å². The van der Waals surface area contributed by atoms with Crippen LogP contribution in [0.25, 0.3) is 22.2 Å². The summed E-state index contributed by atoms with van der Waals surface area (Å²) in [6.45, 7) is 3.87. The lowest BCUT2D eigenvalue weighted by Crippen LogP contribution is -2.14. The molecule has 0 amide bonds. The van der Waals surface area contributed by atoms with E-state index in [0.29, 0.717) is 0 Å². The highest BCUT2D eigenvalue weighted by Gasteiger charge is 2.23. The van der Waals surface area contributed by atoms with Crippen molar-refractivity contribution in [1.29, 1.82) is 0 Å². The van der Waals surface area contributed by atoms with E-state index >= 15 is 0 Å². The Morgan fingerprint density at radius 3 is 2.23 bits per heavy atom. The van der Waals surface area contributed by atoms with E-state index in [-0.39, 0.29) is 6.04 Å². The first-order valence-corrected chi connectivity index (χ1v) is 10.6. The van der Waals surface area contributed by atoms with Crippen LogP contribution in [0, 0.1) is 17.4 Å². The molecule has 148 valence electrons. The summed E-state index contributed by atoms with van der Waals surface area (Å²) in [4.78, 5) is 14.1. The van der Waals surface area contributed by atoms with Crippen molar-refractivity contribution < 1.29 is 4.52 Å². The van der Waals surface area contributed by atoms with Gasteiger partial charge in [-0.05, 0) is 66.8 Å². The van der Waals surface area contributed by atoms with E-state index in [0.717, 1.165) is 48.6 Å². The van der Waals surface area contributed by atoms with Gasteiger partial charge in [-0.2, -0.15) is 0 Å². The lowest BCUT2D eigenvalue weighted by atomic mass is 10.1. The number of rotatable bonds is 4. The quantitative estimate of drug-likeness (QED) is 0.307. The lowest BCUT2D eigenvalue weighted by molar-refractivity contribution is 0.393. The van der Waals surface area contributed by atoms with E-state index in [1.165, 1.54) is 0 Å². The molecular weight excluding hydrogens is 489 g/mol. The largest absolute Gasteiger partial charge is 0.361 e. The average molecular weight is 507 g/mol. The van der Waals surface area contributed by atoms with Crippen LogP contribution in [0.2, 0.25) is 0 Å². The van der Waals surface area contributed by atoms with Crippen LogP contribution < -0.4 is 0 Å². The molecule has 0 N–H and O–H groups in total. The van der Waals surface area contributed by atoms with Crippen LogP contribution in [0.15, 0.2) is 71.8 Å². The monoisotopic (exact) mass is 507 g/mol. The van der Waals surface area contributed by atoms with Crippen LogP contribution >= 0.6 is 22.6 Å². The zero-order valence-corrected chi connectivity index (χ0v) is 18.6. The molecule has 5 heterocycles. The predicted molar refractivity (Wildman–Crippen MR) is 123 cm³/mol. The van der Waals surface area contributed by atoms with Gasteiger partial charge in [0.05, 0.1) is 26.2 Å². The van der Waals surface area contributed by atoms with Gasteiger partial charge in [0.15, 0.2) is 0 Å². The van der Waals surface area contributed by atoms with Crippen molar-refractivity contribution in [3.63, 3.8) is 0 Å². The smallest absolute Gasteiger partial charge is 0.141 e. The topological polar surface area (TPSA) is 69.6 Å². The van der Waals surface area contributed by atoms with E-state index in [2.05, 4.69) is 54.5 Å². The van der Waals surface area contributed by atoms with E-state index in [1.54, 1.807) is 0 Å². The van der Waals surface area contributed by atoms with E-state index in [9.17, 15) is 0 Å². The van der Waals surface area contributed by atoms with E-state index < -0.39 is 0 Å². The summed E-state index contributed by atoms with van der Waals surface area (Å²) in [5, 5.41) is 4.10. The molecule has 0 atom stereocenters. The molecule has 0 bridgehead atoms. The minimum atomic E-state index is -0.167. The first kappa shape index (κ1) is 18.9. The fourth-order valence-corrected chi connectivity index (χ4v) is 4.56. The third-order valence-electron chi connectivity index (χ3n) is 5.16. The molecule has 0 aliphatic carbocycles. The summed E-state index contributed by atoms with van der Waals surface area (Å²) in [7, 11) is 0. The van der Waals surface area contributed by atoms with Crippen LogP contribution in [0.1, 0.15) is 28.9 Å². The lowest BCUT2D eigenvalue weighted by Gasteiger charge is -2.19. The zero-order valence-electron chi connectivity index (χ0n) is 16.5. The fraction of sp³-hybridized carbons (Fsp3) is 0.130. The van der Waals surface area contributed by atoms with Crippen LogP contribution in [-0.2, 0) is 0 Å². The maximum Gasteiger partial charge on any atom is 0.141 e. The number of hydrogen-bond donors (Lipinski definition) is 0. The molecule has 7 heteroatoms. The van der Waals surface area contributed by atoms with Crippen molar-refractivity contribution >= 4 is 33.6 Å². The molecule has 0 unspecified atom stereocenters. The van der Waals surface area contributed by atoms with Crippen molar-refractivity contribution in [1.82, 2.24) is 24.7 Å². The second-order valence-electron chi connectivity index (χ2n) is 7.09. The van der Waals surface area contributed by atoms with Crippen LogP contribution in [-0.4, -0.2) is 24.7 Å². The summed E-state index contributed by atoms with van der Waals surface area (Å²) >= 11 is 2.33. The zero-order chi connectivity index (χ0) is 20.7. The normalized spacial score (nSPS) is 11.5. The number of hydrogen-bond acceptors (Lipinski definition) is 5. The standard InChI is InChI=1S/C23H18IN5O/c1-14-21(15(2)30-28-14)16-11-20-22(27-12-16)17(24)13-29(20)23(18-7-3-5-9-25-18)19-8-4-6-10-26-19/h3-13,23H,1-2H3. The number of halogens is 1. The Kier molecular flexibility index (Phi) is 4.82. The first-order chi connectivity index (χ1) is 14.6. The highest BCUT2D eigenvalue weighted by atomic mass is 127. The highest BCUT2D eigenvalue weighted by Crippen LogP contribution is 2.34. The Hall–Kier alpha value is -3.07. The maximum absolute atomic E-state index is 5.38. The molecule has 0 aromatic carbocycles. The SMILES string of the molecule is Cc1noc(C)c1-c1cnc2c(I)cn(C(c3ccccn3)c3ccccn3)c2c1. The minimum Gasteiger partial charge on any atom is -0.361 e. The Balaban J connectivity index is 1.77. The molecule has 0 radical (unpaired) electrons. The number of aromatic nitrogens is 5. The number of pyridine rings is 3. The van der Waals surface area contributed by atoms with Crippen LogP contribution in [0.3, 0.4) is 0 Å². The Morgan fingerprint density at radius 1 is 0.967 bits per heavy atom. The van der Waals surface area contributed by atoms with Gasteiger partial charge in [0.2, 0.25) is 0 Å².